The van der Waals surface area contributed by atoms with Crippen LogP contribution in [-0.4, -0.2) is 10.1 Å². The molecule has 0 atom stereocenters. The van der Waals surface area contributed by atoms with Crippen LogP contribution in [-0.2, 0) is 6.54 Å². The Bertz CT molecular complexity index is 722. The molecule has 4 nitrogen and oxygen atoms in total. The van der Waals surface area contributed by atoms with Gasteiger partial charge in [0, 0.05) is 23.5 Å². The third kappa shape index (κ3) is 3.92. The van der Waals surface area contributed by atoms with E-state index in [0.717, 1.165) is 22.5 Å². The summed E-state index contributed by atoms with van der Waals surface area (Å²) in [5, 5.41) is 6.72. The molecule has 0 amide bonds. The molecule has 0 spiro atoms. The van der Waals surface area contributed by atoms with Gasteiger partial charge in [-0.1, -0.05) is 18.2 Å². The molecular weight excluding hydrogens is 282 g/mol. The van der Waals surface area contributed by atoms with Gasteiger partial charge in [0.1, 0.15) is 0 Å². The van der Waals surface area contributed by atoms with Crippen LogP contribution >= 0.6 is 12.2 Å². The van der Waals surface area contributed by atoms with Crippen molar-refractivity contribution < 1.29 is 0 Å². The normalized spacial score (nSPS) is 10.2. The van der Waals surface area contributed by atoms with Gasteiger partial charge in [-0.15, -0.1) is 0 Å². The molecule has 0 saturated carbocycles. The summed E-state index contributed by atoms with van der Waals surface area (Å²) in [4.78, 5) is 14.7. The average Bonchev–Trinajstić information content (AvgIpc) is 2.40. The van der Waals surface area contributed by atoms with Gasteiger partial charge in [0.2, 0.25) is 0 Å². The second-order valence-corrected chi connectivity index (χ2v) is 5.47. The van der Waals surface area contributed by atoms with Crippen LogP contribution in [0.25, 0.3) is 0 Å². The van der Waals surface area contributed by atoms with Crippen LogP contribution in [0.15, 0.2) is 35.1 Å². The number of rotatable bonds is 3. The monoisotopic (exact) mass is 301 g/mol. The van der Waals surface area contributed by atoms with Crippen LogP contribution in [0, 0.1) is 20.8 Å². The van der Waals surface area contributed by atoms with Crippen molar-refractivity contribution in [3.8, 4) is 0 Å². The Labute approximate surface area is 129 Å². The molecule has 21 heavy (non-hydrogen) atoms. The number of H-pyrrole nitrogens is 1. The Morgan fingerprint density at radius 3 is 2.57 bits per heavy atom. The van der Waals surface area contributed by atoms with Crippen molar-refractivity contribution in [2.75, 3.05) is 5.32 Å². The van der Waals surface area contributed by atoms with E-state index >= 15 is 0 Å². The molecular formula is C16H19N3OS. The third-order valence-electron chi connectivity index (χ3n) is 3.31. The van der Waals surface area contributed by atoms with Gasteiger partial charge in [0.15, 0.2) is 5.11 Å². The highest BCUT2D eigenvalue weighted by atomic mass is 32.1. The molecule has 1 heterocycles. The number of aryl methyl sites for hydroxylation is 3. The van der Waals surface area contributed by atoms with Crippen molar-refractivity contribution in [2.45, 2.75) is 27.3 Å². The largest absolute Gasteiger partial charge is 0.358 e. The third-order valence-corrected chi connectivity index (χ3v) is 3.56. The van der Waals surface area contributed by atoms with Gasteiger partial charge in [-0.2, -0.15) is 0 Å². The number of aromatic amines is 1. The lowest BCUT2D eigenvalue weighted by molar-refractivity contribution is 0.883. The SMILES string of the molecule is Cc1cc(C)c(CNC(=S)Nc2ccccc2C)c(=O)[nH]1. The van der Waals surface area contributed by atoms with E-state index in [1.807, 2.05) is 51.1 Å². The smallest absolute Gasteiger partial charge is 0.253 e. The first kappa shape index (κ1) is 15.3. The van der Waals surface area contributed by atoms with Crippen molar-refractivity contribution >= 4 is 23.0 Å². The molecule has 1 aromatic carbocycles. The van der Waals surface area contributed by atoms with Gasteiger partial charge in [-0.05, 0) is 56.2 Å². The second-order valence-electron chi connectivity index (χ2n) is 5.07. The maximum absolute atomic E-state index is 11.9. The van der Waals surface area contributed by atoms with Crippen LogP contribution in [0.3, 0.4) is 0 Å². The lowest BCUT2D eigenvalue weighted by Crippen LogP contribution is -2.31. The fraction of sp³-hybridized carbons (Fsp3) is 0.250. The van der Waals surface area contributed by atoms with Gasteiger partial charge in [0.05, 0.1) is 0 Å². The summed E-state index contributed by atoms with van der Waals surface area (Å²) in [5.41, 5.74) is 4.54. The number of pyridine rings is 1. The zero-order valence-electron chi connectivity index (χ0n) is 12.4. The number of aromatic nitrogens is 1. The van der Waals surface area contributed by atoms with Gasteiger partial charge in [0.25, 0.3) is 5.56 Å². The summed E-state index contributed by atoms with van der Waals surface area (Å²) in [5.74, 6) is 0. The summed E-state index contributed by atoms with van der Waals surface area (Å²) in [6, 6.07) is 9.86. The predicted molar refractivity (Wildman–Crippen MR) is 90.8 cm³/mol. The van der Waals surface area contributed by atoms with Crippen molar-refractivity contribution in [3.05, 3.63) is 63.1 Å². The summed E-state index contributed by atoms with van der Waals surface area (Å²) >= 11 is 5.27. The standard InChI is InChI=1S/C16H19N3OS/c1-10-6-4-5-7-14(10)19-16(21)17-9-13-11(2)8-12(3)18-15(13)20/h4-8H,9H2,1-3H3,(H,18,20)(H2,17,19,21). The number of hydrogen-bond acceptors (Lipinski definition) is 2. The molecule has 0 aliphatic rings. The lowest BCUT2D eigenvalue weighted by atomic mass is 10.1. The van der Waals surface area contributed by atoms with E-state index in [1.165, 1.54) is 0 Å². The number of nitrogens with one attached hydrogen (secondary N) is 3. The molecule has 2 rings (SSSR count). The van der Waals surface area contributed by atoms with E-state index < -0.39 is 0 Å². The summed E-state index contributed by atoms with van der Waals surface area (Å²) in [6.07, 6.45) is 0. The van der Waals surface area contributed by atoms with Gasteiger partial charge >= 0.3 is 0 Å². The lowest BCUT2D eigenvalue weighted by Gasteiger charge is -2.13. The van der Waals surface area contributed by atoms with Gasteiger partial charge in [-0.25, -0.2) is 0 Å². The highest BCUT2D eigenvalue weighted by molar-refractivity contribution is 7.80. The van der Waals surface area contributed by atoms with Crippen LogP contribution in [0.2, 0.25) is 0 Å². The molecule has 0 fully saturated rings. The molecule has 0 bridgehead atoms. The molecule has 3 N–H and O–H groups in total. The van der Waals surface area contributed by atoms with Crippen LogP contribution in [0.4, 0.5) is 5.69 Å². The summed E-state index contributed by atoms with van der Waals surface area (Å²) < 4.78 is 0. The minimum Gasteiger partial charge on any atom is -0.358 e. The van der Waals surface area contributed by atoms with Crippen LogP contribution in [0.1, 0.15) is 22.4 Å². The topological polar surface area (TPSA) is 56.9 Å². The molecule has 110 valence electrons. The highest BCUT2D eigenvalue weighted by Gasteiger charge is 2.06. The summed E-state index contributed by atoms with van der Waals surface area (Å²) in [6.45, 7) is 6.21. The molecule has 2 aromatic rings. The minimum atomic E-state index is -0.0707. The first-order chi connectivity index (χ1) is 9.97. The Balaban J connectivity index is 2.02. The number of hydrogen-bond donors (Lipinski definition) is 3. The first-order valence-corrected chi connectivity index (χ1v) is 7.18. The predicted octanol–water partition coefficient (Wildman–Crippen LogP) is 2.79. The average molecular weight is 301 g/mol. The number of anilines is 1. The minimum absolute atomic E-state index is 0.0707. The Kier molecular flexibility index (Phi) is 4.75. The molecule has 0 saturated heterocycles. The van der Waals surface area contributed by atoms with E-state index in [9.17, 15) is 4.79 Å². The van der Waals surface area contributed by atoms with Gasteiger partial charge in [-0.3, -0.25) is 4.79 Å². The molecule has 1 aromatic heterocycles. The molecule has 0 aliphatic heterocycles. The van der Waals surface area contributed by atoms with E-state index in [1.54, 1.807) is 0 Å². The number of thiocarbonyl (C=S) groups is 1. The maximum atomic E-state index is 11.9. The van der Waals surface area contributed by atoms with Gasteiger partial charge < -0.3 is 15.6 Å². The van der Waals surface area contributed by atoms with E-state index in [2.05, 4.69) is 15.6 Å². The maximum Gasteiger partial charge on any atom is 0.253 e. The second kappa shape index (κ2) is 6.54. The van der Waals surface area contributed by atoms with Crippen LogP contribution < -0.4 is 16.2 Å². The summed E-state index contributed by atoms with van der Waals surface area (Å²) in [7, 11) is 0. The van der Waals surface area contributed by atoms with Crippen molar-refractivity contribution in [2.24, 2.45) is 0 Å². The zero-order chi connectivity index (χ0) is 15.4. The van der Waals surface area contributed by atoms with Crippen molar-refractivity contribution in [3.63, 3.8) is 0 Å². The van der Waals surface area contributed by atoms with E-state index in [0.29, 0.717) is 17.2 Å². The molecule has 0 unspecified atom stereocenters. The Morgan fingerprint density at radius 1 is 1.19 bits per heavy atom. The Hall–Kier alpha value is -2.14. The van der Waals surface area contributed by atoms with Crippen molar-refractivity contribution in [1.82, 2.24) is 10.3 Å². The number of benzene rings is 1. The fourth-order valence-corrected chi connectivity index (χ4v) is 2.33. The fourth-order valence-electron chi connectivity index (χ4n) is 2.15. The quantitative estimate of drug-likeness (QED) is 0.763. The highest BCUT2D eigenvalue weighted by Crippen LogP contribution is 2.12. The molecule has 5 heteroatoms. The van der Waals surface area contributed by atoms with E-state index in [4.69, 9.17) is 12.2 Å². The molecule has 0 radical (unpaired) electrons. The van der Waals surface area contributed by atoms with Crippen molar-refractivity contribution in [1.29, 1.82) is 0 Å². The first-order valence-electron chi connectivity index (χ1n) is 6.77. The number of para-hydroxylation sites is 1. The zero-order valence-corrected chi connectivity index (χ0v) is 13.2. The van der Waals surface area contributed by atoms with E-state index in [-0.39, 0.29) is 5.56 Å². The molecule has 0 aliphatic carbocycles. The Morgan fingerprint density at radius 2 is 1.90 bits per heavy atom. The van der Waals surface area contributed by atoms with Crippen LogP contribution in [0.5, 0.6) is 0 Å².